The Morgan fingerprint density at radius 2 is 1.89 bits per heavy atom. The smallest absolute Gasteiger partial charge is 0.178 e. The zero-order chi connectivity index (χ0) is 13.5. The van der Waals surface area contributed by atoms with Gasteiger partial charge in [0.25, 0.3) is 0 Å². The molecule has 0 spiro atoms. The zero-order valence-electron chi connectivity index (χ0n) is 11.3. The Morgan fingerprint density at radius 3 is 2.42 bits per heavy atom. The van der Waals surface area contributed by atoms with Crippen molar-refractivity contribution < 1.29 is 8.42 Å². The summed E-state index contributed by atoms with van der Waals surface area (Å²) >= 11 is 0. The number of hydrogen-bond acceptors (Lipinski definition) is 3. The third kappa shape index (κ3) is 2.50. The second kappa shape index (κ2) is 4.82. The largest absolute Gasteiger partial charge is 0.382 e. The van der Waals surface area contributed by atoms with E-state index in [1.807, 2.05) is 12.1 Å². The molecule has 3 atom stereocenters. The molecule has 1 aromatic rings. The molecule has 1 aromatic carbocycles. The van der Waals surface area contributed by atoms with Gasteiger partial charge in [-0.05, 0) is 55.4 Å². The molecule has 0 radical (unpaired) electrons. The maximum Gasteiger partial charge on any atom is 0.178 e. The number of hydrogen-bond donors (Lipinski definition) is 1. The molecule has 0 aromatic heterocycles. The molecular formula is C15H21NO2S. The SMILES string of the molecule is CCS(=O)(=O)c1ccc(NC2CC3CCC2C3)cc1. The molecule has 19 heavy (non-hydrogen) atoms. The minimum Gasteiger partial charge on any atom is -0.382 e. The van der Waals surface area contributed by atoms with Gasteiger partial charge < -0.3 is 5.32 Å². The van der Waals surface area contributed by atoms with Crippen LogP contribution in [0.3, 0.4) is 0 Å². The maximum absolute atomic E-state index is 11.7. The summed E-state index contributed by atoms with van der Waals surface area (Å²) in [5.74, 6) is 1.90. The summed E-state index contributed by atoms with van der Waals surface area (Å²) < 4.78 is 23.5. The number of rotatable bonds is 4. The Kier molecular flexibility index (Phi) is 3.29. The highest BCUT2D eigenvalue weighted by Gasteiger charge is 2.39. The Bertz CT molecular complexity index is 550. The summed E-state index contributed by atoms with van der Waals surface area (Å²) in [6, 6.07) is 7.82. The summed E-state index contributed by atoms with van der Waals surface area (Å²) in [5.41, 5.74) is 1.05. The van der Waals surface area contributed by atoms with Crippen molar-refractivity contribution in [3.8, 4) is 0 Å². The number of fused-ring (bicyclic) bond motifs is 2. The van der Waals surface area contributed by atoms with Gasteiger partial charge in [-0.1, -0.05) is 13.3 Å². The summed E-state index contributed by atoms with van der Waals surface area (Å²) in [7, 11) is -3.08. The predicted molar refractivity (Wildman–Crippen MR) is 77.0 cm³/mol. The highest BCUT2D eigenvalue weighted by Crippen LogP contribution is 2.45. The van der Waals surface area contributed by atoms with E-state index in [1.54, 1.807) is 19.1 Å². The standard InChI is InChI=1S/C15H21NO2S/c1-2-19(17,18)14-7-5-13(6-8-14)16-15-10-11-3-4-12(15)9-11/h5-8,11-12,15-16H,2-4,9-10H2,1H3. The molecular weight excluding hydrogens is 258 g/mol. The van der Waals surface area contributed by atoms with E-state index in [4.69, 9.17) is 0 Å². The van der Waals surface area contributed by atoms with E-state index in [9.17, 15) is 8.42 Å². The molecule has 0 amide bonds. The lowest BCUT2D eigenvalue weighted by Gasteiger charge is -2.24. The van der Waals surface area contributed by atoms with Crippen LogP contribution < -0.4 is 5.32 Å². The van der Waals surface area contributed by atoms with Crippen molar-refractivity contribution in [2.45, 2.75) is 43.5 Å². The van der Waals surface area contributed by atoms with E-state index in [-0.39, 0.29) is 5.75 Å². The molecule has 2 aliphatic carbocycles. The maximum atomic E-state index is 11.7. The fraction of sp³-hybridized carbons (Fsp3) is 0.600. The summed E-state index contributed by atoms with van der Waals surface area (Å²) in [5, 5.41) is 3.57. The van der Waals surface area contributed by atoms with Crippen LogP contribution in [0.4, 0.5) is 5.69 Å². The molecule has 3 unspecified atom stereocenters. The van der Waals surface area contributed by atoms with E-state index in [0.717, 1.165) is 17.5 Å². The van der Waals surface area contributed by atoms with Crippen molar-refractivity contribution in [3.63, 3.8) is 0 Å². The van der Waals surface area contributed by atoms with Crippen LogP contribution in [0.2, 0.25) is 0 Å². The molecule has 3 rings (SSSR count). The number of benzene rings is 1. The second-order valence-electron chi connectivity index (χ2n) is 5.85. The van der Waals surface area contributed by atoms with Crippen LogP contribution in [0.25, 0.3) is 0 Å². The lowest BCUT2D eigenvalue weighted by atomic mass is 9.95. The molecule has 0 saturated heterocycles. The van der Waals surface area contributed by atoms with E-state index in [0.29, 0.717) is 10.9 Å². The topological polar surface area (TPSA) is 46.2 Å². The van der Waals surface area contributed by atoms with Crippen LogP contribution in [-0.4, -0.2) is 20.2 Å². The van der Waals surface area contributed by atoms with Crippen LogP contribution in [-0.2, 0) is 9.84 Å². The quantitative estimate of drug-likeness (QED) is 0.921. The van der Waals surface area contributed by atoms with Gasteiger partial charge in [-0.2, -0.15) is 0 Å². The van der Waals surface area contributed by atoms with Crippen LogP contribution >= 0.6 is 0 Å². The van der Waals surface area contributed by atoms with E-state index >= 15 is 0 Å². The third-order valence-electron chi connectivity index (χ3n) is 4.68. The first kappa shape index (κ1) is 13.0. The molecule has 4 heteroatoms. The summed E-state index contributed by atoms with van der Waals surface area (Å²) in [4.78, 5) is 0.425. The first-order valence-corrected chi connectivity index (χ1v) is 8.83. The van der Waals surface area contributed by atoms with Crippen molar-refractivity contribution in [2.75, 3.05) is 11.1 Å². The highest BCUT2D eigenvalue weighted by molar-refractivity contribution is 7.91. The van der Waals surface area contributed by atoms with Crippen LogP contribution in [0.5, 0.6) is 0 Å². The fourth-order valence-corrected chi connectivity index (χ4v) is 4.44. The lowest BCUT2D eigenvalue weighted by molar-refractivity contribution is 0.440. The molecule has 1 N–H and O–H groups in total. The summed E-state index contributed by atoms with van der Waals surface area (Å²) in [6.45, 7) is 1.68. The van der Waals surface area contributed by atoms with E-state index in [1.165, 1.54) is 25.7 Å². The minimum atomic E-state index is -3.08. The first-order valence-electron chi connectivity index (χ1n) is 7.18. The molecule has 2 bridgehead atoms. The molecule has 104 valence electrons. The first-order chi connectivity index (χ1) is 9.08. The minimum absolute atomic E-state index is 0.159. The van der Waals surface area contributed by atoms with Gasteiger partial charge in [-0.3, -0.25) is 0 Å². The Balaban J connectivity index is 1.70. The van der Waals surface area contributed by atoms with Crippen molar-refractivity contribution in [1.82, 2.24) is 0 Å². The molecule has 3 nitrogen and oxygen atoms in total. The normalized spacial score (nSPS) is 29.6. The van der Waals surface area contributed by atoms with Gasteiger partial charge in [0.1, 0.15) is 0 Å². The lowest BCUT2D eigenvalue weighted by Crippen LogP contribution is -2.25. The number of nitrogens with one attached hydrogen (secondary N) is 1. The molecule has 2 fully saturated rings. The molecule has 0 aliphatic heterocycles. The Hall–Kier alpha value is -1.03. The van der Waals surface area contributed by atoms with Gasteiger partial charge >= 0.3 is 0 Å². The van der Waals surface area contributed by atoms with Crippen molar-refractivity contribution >= 4 is 15.5 Å². The van der Waals surface area contributed by atoms with Gasteiger partial charge in [-0.25, -0.2) is 8.42 Å². The van der Waals surface area contributed by atoms with Crippen molar-refractivity contribution in [1.29, 1.82) is 0 Å². The Morgan fingerprint density at radius 1 is 1.16 bits per heavy atom. The van der Waals surface area contributed by atoms with Crippen molar-refractivity contribution in [2.24, 2.45) is 11.8 Å². The summed E-state index contributed by atoms with van der Waals surface area (Å²) in [6.07, 6.45) is 5.40. The molecule has 2 aliphatic rings. The fourth-order valence-electron chi connectivity index (χ4n) is 3.56. The third-order valence-corrected chi connectivity index (χ3v) is 6.43. The number of sulfone groups is 1. The zero-order valence-corrected chi connectivity index (χ0v) is 12.1. The van der Waals surface area contributed by atoms with Gasteiger partial charge in [0.15, 0.2) is 9.84 Å². The van der Waals surface area contributed by atoms with Gasteiger partial charge in [0, 0.05) is 11.7 Å². The average molecular weight is 279 g/mol. The van der Waals surface area contributed by atoms with Crippen LogP contribution in [0, 0.1) is 11.8 Å². The average Bonchev–Trinajstić information content (AvgIpc) is 3.02. The monoisotopic (exact) mass is 279 g/mol. The van der Waals surface area contributed by atoms with E-state index in [2.05, 4.69) is 5.32 Å². The molecule has 2 saturated carbocycles. The van der Waals surface area contributed by atoms with Gasteiger partial charge in [-0.15, -0.1) is 0 Å². The van der Waals surface area contributed by atoms with Gasteiger partial charge in [0.05, 0.1) is 10.6 Å². The van der Waals surface area contributed by atoms with Crippen LogP contribution in [0.15, 0.2) is 29.2 Å². The van der Waals surface area contributed by atoms with Crippen molar-refractivity contribution in [3.05, 3.63) is 24.3 Å². The predicted octanol–water partition coefficient (Wildman–Crippen LogP) is 3.08. The molecule has 0 heterocycles. The number of anilines is 1. The Labute approximate surface area is 115 Å². The highest BCUT2D eigenvalue weighted by atomic mass is 32.2. The van der Waals surface area contributed by atoms with Gasteiger partial charge in [0.2, 0.25) is 0 Å². The van der Waals surface area contributed by atoms with E-state index < -0.39 is 9.84 Å². The van der Waals surface area contributed by atoms with Crippen LogP contribution in [0.1, 0.15) is 32.6 Å². The second-order valence-corrected chi connectivity index (χ2v) is 8.13.